The molecule has 1 aromatic carbocycles. The number of hydrogen-bond donors (Lipinski definition) is 0. The van der Waals surface area contributed by atoms with E-state index in [1.165, 1.54) is 0 Å². The van der Waals surface area contributed by atoms with Crippen LogP contribution in [0.2, 0.25) is 0 Å². The van der Waals surface area contributed by atoms with Gasteiger partial charge in [0.05, 0.1) is 6.42 Å². The fourth-order valence-electron chi connectivity index (χ4n) is 4.76. The van der Waals surface area contributed by atoms with Gasteiger partial charge in [-0.25, -0.2) is 0 Å². The average molecular weight is 357 g/mol. The first-order valence-corrected chi connectivity index (χ1v) is 9.86. The predicted molar refractivity (Wildman–Crippen MR) is 101 cm³/mol. The third-order valence-corrected chi connectivity index (χ3v) is 5.78. The number of carbonyl (C=O) groups excluding carboxylic acids is 2. The minimum atomic E-state index is -0.463. The van der Waals surface area contributed by atoms with Gasteiger partial charge in [-0.1, -0.05) is 36.8 Å². The van der Waals surface area contributed by atoms with Crippen molar-refractivity contribution >= 4 is 11.9 Å². The van der Waals surface area contributed by atoms with Crippen molar-refractivity contribution in [3.63, 3.8) is 0 Å². The molecule has 0 aromatic heterocycles. The molecule has 2 aliphatic rings. The van der Waals surface area contributed by atoms with E-state index in [1.54, 1.807) is 0 Å². The minimum absolute atomic E-state index is 0.138. The van der Waals surface area contributed by atoms with E-state index in [-0.39, 0.29) is 23.3 Å². The van der Waals surface area contributed by atoms with Crippen LogP contribution in [-0.2, 0) is 20.9 Å². The molecule has 1 spiro atoms. The number of rotatable bonds is 4. The third kappa shape index (κ3) is 4.11. The van der Waals surface area contributed by atoms with E-state index in [2.05, 4.69) is 17.0 Å². The minimum Gasteiger partial charge on any atom is -0.460 e. The molecule has 2 atom stereocenters. The second-order valence-corrected chi connectivity index (χ2v) is 8.80. The summed E-state index contributed by atoms with van der Waals surface area (Å²) in [6, 6.07) is 10.2. The van der Waals surface area contributed by atoms with E-state index in [1.807, 2.05) is 39.0 Å². The summed E-state index contributed by atoms with van der Waals surface area (Å²) in [4.78, 5) is 27.4. The molecule has 0 radical (unpaired) electrons. The molecule has 1 saturated heterocycles. The number of hydrogen-bond acceptors (Lipinski definition) is 3. The Bertz CT molecular complexity index is 649. The van der Waals surface area contributed by atoms with Gasteiger partial charge in [-0.05, 0) is 57.9 Å². The first-order valence-electron chi connectivity index (χ1n) is 9.86. The van der Waals surface area contributed by atoms with Gasteiger partial charge in [0.2, 0.25) is 5.91 Å². The number of likely N-dealkylation sites (tertiary alicyclic amines) is 1. The van der Waals surface area contributed by atoms with Crippen LogP contribution >= 0.6 is 0 Å². The Hall–Kier alpha value is -1.84. The maximum absolute atomic E-state index is 12.8. The molecule has 4 nitrogen and oxygen atoms in total. The van der Waals surface area contributed by atoms with E-state index in [4.69, 9.17) is 4.74 Å². The summed E-state index contributed by atoms with van der Waals surface area (Å²) in [6.07, 6.45) is 6.03. The van der Waals surface area contributed by atoms with Crippen molar-refractivity contribution in [3.05, 3.63) is 35.9 Å². The largest absolute Gasteiger partial charge is 0.460 e. The topological polar surface area (TPSA) is 46.6 Å². The summed E-state index contributed by atoms with van der Waals surface area (Å²) in [6.45, 7) is 6.36. The van der Waals surface area contributed by atoms with Crippen LogP contribution in [0.3, 0.4) is 0 Å². The monoisotopic (exact) mass is 357 g/mol. The quantitative estimate of drug-likeness (QED) is 0.747. The molecule has 1 aromatic rings. The molecule has 0 unspecified atom stereocenters. The van der Waals surface area contributed by atoms with Gasteiger partial charge in [0.25, 0.3) is 0 Å². The van der Waals surface area contributed by atoms with Gasteiger partial charge in [0, 0.05) is 18.5 Å². The molecular weight excluding hydrogens is 326 g/mol. The van der Waals surface area contributed by atoms with Crippen molar-refractivity contribution in [1.82, 2.24) is 4.90 Å². The smallest absolute Gasteiger partial charge is 0.306 e. The Balaban J connectivity index is 1.81. The summed E-state index contributed by atoms with van der Waals surface area (Å²) in [5.74, 6) is 0.294. The molecule has 3 rings (SSSR count). The number of carbonyl (C=O) groups is 2. The van der Waals surface area contributed by atoms with Gasteiger partial charge in [0.1, 0.15) is 5.60 Å². The molecule has 0 bridgehead atoms. The summed E-state index contributed by atoms with van der Waals surface area (Å²) in [5.41, 5.74) is 0.516. The molecule has 1 aliphatic carbocycles. The van der Waals surface area contributed by atoms with Crippen molar-refractivity contribution < 1.29 is 14.3 Å². The predicted octanol–water partition coefficient (Wildman–Crippen LogP) is 4.47. The van der Waals surface area contributed by atoms with E-state index in [0.717, 1.165) is 37.7 Å². The number of nitrogens with zero attached hydrogens (tertiary/aromatic N) is 1. The molecule has 1 aliphatic heterocycles. The Kier molecular flexibility index (Phi) is 5.40. The SMILES string of the molecule is CC(C)(C)OC(=O)C[C@H]1CCC[C@]12CCCC(=O)N2Cc1ccccc1. The second-order valence-electron chi connectivity index (χ2n) is 8.80. The van der Waals surface area contributed by atoms with Crippen molar-refractivity contribution in [1.29, 1.82) is 0 Å². The number of ether oxygens (including phenoxy) is 1. The molecule has 1 heterocycles. The zero-order valence-corrected chi connectivity index (χ0v) is 16.3. The van der Waals surface area contributed by atoms with Crippen LogP contribution in [0.1, 0.15) is 71.3 Å². The van der Waals surface area contributed by atoms with Gasteiger partial charge in [-0.3, -0.25) is 9.59 Å². The molecule has 26 heavy (non-hydrogen) atoms. The summed E-state index contributed by atoms with van der Waals surface area (Å²) in [5, 5.41) is 0. The highest BCUT2D eigenvalue weighted by atomic mass is 16.6. The van der Waals surface area contributed by atoms with E-state index in [9.17, 15) is 9.59 Å². The maximum atomic E-state index is 12.8. The van der Waals surface area contributed by atoms with Crippen LogP contribution in [-0.4, -0.2) is 27.9 Å². The highest BCUT2D eigenvalue weighted by Crippen LogP contribution is 2.48. The highest BCUT2D eigenvalue weighted by Gasteiger charge is 2.51. The molecular formula is C22H31NO3. The Labute approximate surface area is 156 Å². The van der Waals surface area contributed by atoms with Gasteiger partial charge < -0.3 is 9.64 Å². The lowest BCUT2D eigenvalue weighted by Crippen LogP contribution is -2.56. The van der Waals surface area contributed by atoms with Gasteiger partial charge in [-0.15, -0.1) is 0 Å². The van der Waals surface area contributed by atoms with Crippen molar-refractivity contribution in [2.24, 2.45) is 5.92 Å². The molecule has 0 N–H and O–H groups in total. The van der Waals surface area contributed by atoms with Crippen molar-refractivity contribution in [2.75, 3.05) is 0 Å². The lowest BCUT2D eigenvalue weighted by molar-refractivity contribution is -0.160. The number of piperidine rings is 1. The number of amides is 1. The average Bonchev–Trinajstić information content (AvgIpc) is 2.93. The molecule has 1 saturated carbocycles. The lowest BCUT2D eigenvalue weighted by Gasteiger charge is -2.49. The van der Waals surface area contributed by atoms with Gasteiger partial charge in [0.15, 0.2) is 0 Å². The first kappa shape index (κ1) is 18.9. The fraction of sp³-hybridized carbons (Fsp3) is 0.636. The standard InChI is InChI=1S/C22H31NO3/c1-21(2,3)26-20(25)15-18-11-7-13-22(18)14-8-12-19(24)23(22)16-17-9-5-4-6-10-17/h4-6,9-10,18H,7-8,11-16H2,1-3H3/t18-,22+/m1/s1. The summed E-state index contributed by atoms with van der Waals surface area (Å²) in [7, 11) is 0. The van der Waals surface area contributed by atoms with E-state index < -0.39 is 5.60 Å². The first-order chi connectivity index (χ1) is 12.3. The summed E-state index contributed by atoms with van der Waals surface area (Å²) >= 11 is 0. The number of esters is 1. The lowest BCUT2D eigenvalue weighted by atomic mass is 9.76. The van der Waals surface area contributed by atoms with Gasteiger partial charge >= 0.3 is 5.97 Å². The van der Waals surface area contributed by atoms with Crippen LogP contribution in [0.15, 0.2) is 30.3 Å². The fourth-order valence-corrected chi connectivity index (χ4v) is 4.76. The van der Waals surface area contributed by atoms with Crippen molar-refractivity contribution in [2.45, 2.75) is 83.4 Å². The van der Waals surface area contributed by atoms with E-state index in [0.29, 0.717) is 19.4 Å². The Morgan fingerprint density at radius 1 is 1.19 bits per heavy atom. The van der Waals surface area contributed by atoms with Crippen molar-refractivity contribution in [3.8, 4) is 0 Å². The Morgan fingerprint density at radius 2 is 1.88 bits per heavy atom. The maximum Gasteiger partial charge on any atom is 0.306 e. The van der Waals surface area contributed by atoms with Crippen LogP contribution in [0.25, 0.3) is 0 Å². The molecule has 1 amide bonds. The normalized spacial score (nSPS) is 26.3. The van der Waals surface area contributed by atoms with Crippen LogP contribution < -0.4 is 0 Å². The molecule has 2 fully saturated rings. The van der Waals surface area contributed by atoms with Crippen LogP contribution in [0, 0.1) is 5.92 Å². The summed E-state index contributed by atoms with van der Waals surface area (Å²) < 4.78 is 5.57. The number of benzene rings is 1. The third-order valence-electron chi connectivity index (χ3n) is 5.78. The second kappa shape index (κ2) is 7.42. The molecule has 4 heteroatoms. The van der Waals surface area contributed by atoms with Crippen LogP contribution in [0.4, 0.5) is 0 Å². The van der Waals surface area contributed by atoms with E-state index >= 15 is 0 Å². The van der Waals surface area contributed by atoms with Gasteiger partial charge in [-0.2, -0.15) is 0 Å². The highest BCUT2D eigenvalue weighted by molar-refractivity contribution is 5.78. The zero-order valence-electron chi connectivity index (χ0n) is 16.3. The Morgan fingerprint density at radius 3 is 2.58 bits per heavy atom. The zero-order chi connectivity index (χ0) is 18.8. The molecule has 142 valence electrons. The van der Waals surface area contributed by atoms with Crippen LogP contribution in [0.5, 0.6) is 0 Å².